The van der Waals surface area contributed by atoms with Crippen LogP contribution in [0.1, 0.15) is 55.2 Å². The summed E-state index contributed by atoms with van der Waals surface area (Å²) in [6, 6.07) is 25.4. The molecule has 1 atom stereocenters. The number of fused-ring (bicyclic) bond motifs is 5. The van der Waals surface area contributed by atoms with Crippen LogP contribution < -0.4 is 76.3 Å². The van der Waals surface area contributed by atoms with Gasteiger partial charge in [-0.25, -0.2) is 0 Å². The second-order valence-electron chi connectivity index (χ2n) is 20.0. The van der Waals surface area contributed by atoms with Crippen molar-refractivity contribution >= 4 is 75.5 Å². The lowest BCUT2D eigenvalue weighted by Crippen LogP contribution is -2.68. The first-order chi connectivity index (χ1) is 38.3. The van der Waals surface area contributed by atoms with Gasteiger partial charge < -0.3 is 90.5 Å². The molecule has 0 saturated carbocycles. The Hall–Kier alpha value is -8.58. The van der Waals surface area contributed by atoms with E-state index in [1.807, 2.05) is 0 Å². The van der Waals surface area contributed by atoms with Crippen LogP contribution in [0.3, 0.4) is 0 Å². The van der Waals surface area contributed by atoms with Crippen LogP contribution in [0.25, 0.3) is 21.9 Å². The van der Waals surface area contributed by atoms with Gasteiger partial charge in [0.2, 0.25) is 11.9 Å². The molecule has 2 saturated heterocycles. The number of aryl methyl sites for hydroxylation is 1. The van der Waals surface area contributed by atoms with Crippen LogP contribution in [0.2, 0.25) is 0 Å². The van der Waals surface area contributed by atoms with E-state index in [4.69, 9.17) is 51.0 Å². The number of carbonyl (C=O) groups is 2. The summed E-state index contributed by atoms with van der Waals surface area (Å²) in [6.07, 6.45) is 6.52. The van der Waals surface area contributed by atoms with Crippen molar-refractivity contribution in [2.24, 2.45) is 60.1 Å². The number of benzene rings is 4. The number of nitrogens with two attached hydrogens (primary N) is 7. The van der Waals surface area contributed by atoms with Gasteiger partial charge in [-0.3, -0.25) is 35.9 Å². The molecule has 1 amide bonds. The number of nitrogens with zero attached hydrogens (tertiary/aromatic N) is 10. The van der Waals surface area contributed by atoms with Crippen molar-refractivity contribution in [2.75, 3.05) is 130 Å². The highest BCUT2D eigenvalue weighted by Gasteiger charge is 2.25. The van der Waals surface area contributed by atoms with E-state index in [0.29, 0.717) is 39.0 Å². The van der Waals surface area contributed by atoms with Gasteiger partial charge in [0.15, 0.2) is 29.8 Å². The normalized spacial score (nSPS) is 13.6. The zero-order valence-electron chi connectivity index (χ0n) is 49.6. The minimum absolute atomic E-state index is 0.0177. The number of carbonyl (C=O) groups excluding carboxylic acids is 2. The molecule has 81 heavy (non-hydrogen) atoms. The monoisotopic (exact) mass is 1120 g/mol. The Labute approximate surface area is 479 Å². The lowest BCUT2D eigenvalue weighted by atomic mass is 10.0. The number of unbranched alkanes of at least 4 members (excludes halogenated alkanes) is 1. The minimum atomic E-state index is -1.14. The number of aliphatic carboxylic acids is 1. The van der Waals surface area contributed by atoms with E-state index in [0.717, 1.165) is 38.3 Å². The summed E-state index contributed by atoms with van der Waals surface area (Å²) >= 11 is 0. The highest BCUT2D eigenvalue weighted by atomic mass is 16.4. The average Bonchev–Trinajstić information content (AvgIpc) is 4.14. The Bertz CT molecular complexity index is 2690. The van der Waals surface area contributed by atoms with Gasteiger partial charge in [-0.15, -0.1) is 0 Å². The maximum absolute atomic E-state index is 10.4. The molecule has 8 rings (SSSR count). The van der Waals surface area contributed by atoms with Crippen LogP contribution in [0, 0.1) is 17.7 Å². The van der Waals surface area contributed by atoms with Crippen molar-refractivity contribution in [2.45, 2.75) is 57.9 Å². The maximum Gasteiger partial charge on any atom is 0.246 e. The fraction of sp³-hybridized carbons (Fsp3) is 0.464. The molecule has 4 aliphatic rings. The van der Waals surface area contributed by atoms with E-state index in [2.05, 4.69) is 178 Å². The van der Waals surface area contributed by atoms with Gasteiger partial charge in [0, 0.05) is 143 Å². The fourth-order valence-electron chi connectivity index (χ4n) is 8.29. The van der Waals surface area contributed by atoms with Gasteiger partial charge in [0.05, 0.1) is 12.5 Å². The number of guanidine groups is 6. The van der Waals surface area contributed by atoms with E-state index >= 15 is 0 Å². The molecule has 0 bridgehead atoms. The fourth-order valence-corrected chi connectivity index (χ4v) is 8.29. The van der Waals surface area contributed by atoms with Gasteiger partial charge in [0.1, 0.15) is 6.04 Å². The number of anilines is 3. The van der Waals surface area contributed by atoms with Crippen LogP contribution in [-0.2, 0) is 16.0 Å². The van der Waals surface area contributed by atoms with Crippen molar-refractivity contribution in [3.05, 3.63) is 89.5 Å². The van der Waals surface area contributed by atoms with Crippen molar-refractivity contribution < 1.29 is 20.4 Å². The molecule has 0 radical (unpaired) electrons. The number of quaternary nitrogens is 1. The van der Waals surface area contributed by atoms with Gasteiger partial charge in [-0.2, -0.15) is 4.99 Å². The number of likely N-dealkylation sites (N-methyl/N-ethyl adjacent to an activating group) is 1. The lowest BCUT2D eigenvalue weighted by molar-refractivity contribution is -0.438. The molecular weight excluding hydrogens is 1030 g/mol. The van der Waals surface area contributed by atoms with Crippen molar-refractivity contribution in [3.8, 4) is 11.1 Å². The number of hydrogen-bond acceptors (Lipinski definition) is 14. The maximum atomic E-state index is 10.4. The first-order valence-corrected chi connectivity index (χ1v) is 26.9. The average molecular weight is 1120 g/mol. The third-order valence-corrected chi connectivity index (χ3v) is 12.4. The first-order valence-electron chi connectivity index (χ1n) is 26.9. The summed E-state index contributed by atoms with van der Waals surface area (Å²) in [5.74, 6) is 0.226. The predicted molar refractivity (Wildman–Crippen MR) is 334 cm³/mol. The van der Waals surface area contributed by atoms with Crippen molar-refractivity contribution in [1.82, 2.24) is 25.3 Å². The molecule has 21 N–H and O–H groups in total. The van der Waals surface area contributed by atoms with Crippen LogP contribution >= 0.6 is 0 Å². The summed E-state index contributed by atoms with van der Waals surface area (Å²) in [5, 5.41) is 32.2. The smallest absolute Gasteiger partial charge is 0.246 e. The molecule has 4 aromatic carbocycles. The van der Waals surface area contributed by atoms with Crippen molar-refractivity contribution in [1.29, 1.82) is 10.8 Å². The Balaban J connectivity index is 0.000000330. The van der Waals surface area contributed by atoms with Crippen LogP contribution in [-0.4, -0.2) is 184 Å². The number of carboxylic acid groups (broad SMARTS) is 1. The molecule has 1 unspecified atom stereocenters. The van der Waals surface area contributed by atoms with E-state index in [-0.39, 0.29) is 35.7 Å². The summed E-state index contributed by atoms with van der Waals surface area (Å²) < 4.78 is 0. The molecule has 25 nitrogen and oxygen atoms in total. The van der Waals surface area contributed by atoms with E-state index < -0.39 is 12.0 Å². The zero-order chi connectivity index (χ0) is 60.8. The molecule has 3 aliphatic heterocycles. The number of aliphatic imine (C=N–C) groups is 4. The second kappa shape index (κ2) is 35.8. The highest BCUT2D eigenvalue weighted by molar-refractivity contribution is 6.02. The van der Waals surface area contributed by atoms with Crippen LogP contribution in [0.15, 0.2) is 92.8 Å². The largest absolute Gasteiger partial charge is 0.544 e. The number of rotatable bonds is 12. The third-order valence-electron chi connectivity index (χ3n) is 12.4. The summed E-state index contributed by atoms with van der Waals surface area (Å²) in [7, 11) is 17.8. The lowest BCUT2D eigenvalue weighted by Gasteiger charge is -2.33. The highest BCUT2D eigenvalue weighted by Crippen LogP contribution is 2.46. The molecule has 25 heteroatoms. The minimum Gasteiger partial charge on any atom is -0.544 e. The molecule has 3 heterocycles. The number of amides is 1. The number of nitrogens with one attached hydrogen (secondary N) is 4. The standard InChI is InChI=1S/C17H20N2.C13H15N.C7H13N3.C6H14N4O2.C5H14N4.C4H11N5.C4H7N3O/c1-18(2)14-9-5-7-12-11-13-8-6-10-15(19(3)4)17(13)16(12)14;1-10-6-4-7-11-8-5-9-12(13(10)11)14(2)3;1-3-8-7-9-4-2-6-10(7)5-1;7-4(5(11)12)2-1-3-10-6(8)9;6-3-1-2-4-9-5(7)8;1-9(2)4(7)8-3(5)6;1-7-2-3(8)6-4(7)5/h5-10H,11H2,1-4H3;4-9H,1-3H3;1-6H2,(H,8,9);4H,1-3,7H2,(H,11,12)(H4,8,9,10);1-4,6H2,(H4,7,8,9);1-2H3,(H5,5,6,7,8);2H2,1H3,(H2,5,6,8). The summed E-state index contributed by atoms with van der Waals surface area (Å²) in [4.78, 5) is 47.9. The molecular formula is C56H94N22O3. The Kier molecular flexibility index (Phi) is 30.3. The van der Waals surface area contributed by atoms with Crippen molar-refractivity contribution in [3.63, 3.8) is 0 Å². The van der Waals surface area contributed by atoms with E-state index in [1.165, 1.54) is 81.6 Å². The predicted octanol–water partition coefficient (Wildman–Crippen LogP) is -0.217. The quantitative estimate of drug-likeness (QED) is 0.0437. The SMILES string of the molecule is C1CN=C2NCCCN2C1.CN(C)C(N)=NC(=N)N.CN(C)c1cccc2c1-c1c(cccc1N(C)C)C2.CN1CC(=O)NC1=N.Cc1cccc2cccc(N(C)C)c12.NC(N)=NCCCC([NH3+])C(=O)[O-].NCCCCN=C(N)N. The zero-order valence-corrected chi connectivity index (χ0v) is 49.6. The third kappa shape index (κ3) is 24.5. The summed E-state index contributed by atoms with van der Waals surface area (Å²) in [5.41, 5.74) is 50.0. The molecule has 446 valence electrons. The van der Waals surface area contributed by atoms with Crippen LogP contribution in [0.5, 0.6) is 0 Å². The molecule has 1 aliphatic carbocycles. The van der Waals surface area contributed by atoms with Crippen LogP contribution in [0.4, 0.5) is 17.1 Å². The summed E-state index contributed by atoms with van der Waals surface area (Å²) in [6.45, 7) is 8.83. The molecule has 0 spiro atoms. The molecule has 0 aromatic heterocycles. The molecule has 2 fully saturated rings. The first kappa shape index (κ1) is 68.5. The second-order valence-corrected chi connectivity index (χ2v) is 20.0. The number of hydrogen-bond donors (Lipinski definition) is 12. The Morgan fingerprint density at radius 3 is 1.73 bits per heavy atom. The van der Waals surface area contributed by atoms with Gasteiger partial charge in [-0.1, -0.05) is 54.6 Å². The Morgan fingerprint density at radius 1 is 0.778 bits per heavy atom. The van der Waals surface area contributed by atoms with Gasteiger partial charge in [-0.05, 0) is 92.3 Å². The van der Waals surface area contributed by atoms with E-state index in [1.54, 1.807) is 30.9 Å². The Morgan fingerprint density at radius 2 is 1.30 bits per heavy atom. The molecule has 4 aromatic rings. The van der Waals surface area contributed by atoms with E-state index in [9.17, 15) is 14.7 Å². The van der Waals surface area contributed by atoms with Gasteiger partial charge >= 0.3 is 0 Å². The van der Waals surface area contributed by atoms with Gasteiger partial charge in [0.25, 0.3) is 0 Å². The topological polar surface area (TPSA) is 408 Å². The number of carboxylic acids is 1.